The molecule has 0 saturated carbocycles. The van der Waals surface area contributed by atoms with E-state index in [1.165, 1.54) is 6.16 Å². The van der Waals surface area contributed by atoms with Gasteiger partial charge in [0.25, 0.3) is 0 Å². The molecule has 1 aliphatic heterocycles. The molecule has 2 heteroatoms. The third-order valence-electron chi connectivity index (χ3n) is 0.557. The first kappa shape index (κ1) is 3.45. The number of rotatable bonds is 0. The van der Waals surface area contributed by atoms with Crippen molar-refractivity contribution in [1.82, 2.24) is 0 Å². The molecule has 0 saturated heterocycles. The van der Waals surface area contributed by atoms with Crippen LogP contribution in [0.1, 0.15) is 0 Å². The van der Waals surface area contributed by atoms with Crippen molar-refractivity contribution in [2.45, 2.75) is 0 Å². The first-order chi connectivity index (χ1) is 2.39. The van der Waals surface area contributed by atoms with E-state index in [9.17, 15) is 0 Å². The quantitative estimate of drug-likeness (QED) is 0.418. The average Bonchev–Trinajstić information content (AvgIpc) is 1.30. The SMILES string of the molecule is S=[P+]1C=CC1. The summed E-state index contributed by atoms with van der Waals surface area (Å²) in [6.45, 7) is -0.0149. The van der Waals surface area contributed by atoms with Crippen LogP contribution in [0.3, 0.4) is 0 Å². The largest absolute Gasteiger partial charge is 0.209 e. The molecule has 0 spiro atoms. The minimum absolute atomic E-state index is 0.0149. The highest BCUT2D eigenvalue weighted by molar-refractivity contribution is 8.07. The molecule has 0 aromatic rings. The van der Waals surface area contributed by atoms with Crippen LogP contribution in [0.15, 0.2) is 11.9 Å². The van der Waals surface area contributed by atoms with Gasteiger partial charge in [0.2, 0.25) is 6.70 Å². The molecular weight excluding hydrogens is 99.1 g/mol. The highest BCUT2D eigenvalue weighted by Crippen LogP contribution is 2.30. The summed E-state index contributed by atoms with van der Waals surface area (Å²) in [4.78, 5) is 0. The first-order valence-corrected chi connectivity index (χ1v) is 4.11. The van der Waals surface area contributed by atoms with Crippen LogP contribution in [-0.2, 0) is 11.8 Å². The summed E-state index contributed by atoms with van der Waals surface area (Å²) in [5, 5.41) is 0. The molecule has 1 unspecified atom stereocenters. The average molecular weight is 103 g/mol. The molecule has 0 aliphatic carbocycles. The lowest BCUT2D eigenvalue weighted by Gasteiger charge is -1.81. The van der Waals surface area contributed by atoms with Crippen LogP contribution in [0, 0.1) is 0 Å². The van der Waals surface area contributed by atoms with Crippen molar-refractivity contribution in [3.8, 4) is 0 Å². The van der Waals surface area contributed by atoms with Gasteiger partial charge in [-0.1, -0.05) is 0 Å². The Bertz CT molecular complexity index is 84.9. The third-order valence-corrected chi connectivity index (χ3v) is 2.48. The van der Waals surface area contributed by atoms with Gasteiger partial charge in [-0.2, -0.15) is 0 Å². The van der Waals surface area contributed by atoms with Crippen LogP contribution < -0.4 is 0 Å². The predicted octanol–water partition coefficient (Wildman–Crippen LogP) is 1.46. The van der Waals surface area contributed by atoms with E-state index in [0.717, 1.165) is 0 Å². The molecule has 5 heavy (non-hydrogen) atoms. The lowest BCUT2D eigenvalue weighted by atomic mass is 10.7. The zero-order valence-corrected chi connectivity index (χ0v) is 4.43. The van der Waals surface area contributed by atoms with Gasteiger partial charge in [-0.15, -0.1) is 0 Å². The van der Waals surface area contributed by atoms with Gasteiger partial charge >= 0.3 is 0 Å². The summed E-state index contributed by atoms with van der Waals surface area (Å²) in [6, 6.07) is 0. The molecular formula is C3H4PS+. The highest BCUT2D eigenvalue weighted by Gasteiger charge is 2.09. The van der Waals surface area contributed by atoms with E-state index >= 15 is 0 Å². The summed E-state index contributed by atoms with van der Waals surface area (Å²) >= 11 is 4.84. The maximum atomic E-state index is 4.84. The molecule has 1 aliphatic rings. The van der Waals surface area contributed by atoms with Gasteiger partial charge in [0.1, 0.15) is 12.0 Å². The Kier molecular flexibility index (Phi) is 0.797. The number of hydrogen-bond donors (Lipinski definition) is 0. The zero-order chi connectivity index (χ0) is 3.70. The second-order valence-electron chi connectivity index (χ2n) is 0.984. The number of allylic oxidation sites excluding steroid dienone is 1. The second kappa shape index (κ2) is 1.16. The summed E-state index contributed by atoms with van der Waals surface area (Å²) in [6.07, 6.45) is 3.31. The van der Waals surface area contributed by atoms with Crippen molar-refractivity contribution in [1.29, 1.82) is 0 Å². The molecule has 1 heterocycles. The van der Waals surface area contributed by atoms with Crippen molar-refractivity contribution in [3.05, 3.63) is 11.9 Å². The van der Waals surface area contributed by atoms with Gasteiger partial charge in [0, 0.05) is 6.08 Å². The van der Waals surface area contributed by atoms with Gasteiger partial charge in [-0.05, 0) is 0 Å². The van der Waals surface area contributed by atoms with E-state index in [4.69, 9.17) is 11.8 Å². The van der Waals surface area contributed by atoms with Crippen LogP contribution in [0.25, 0.3) is 0 Å². The van der Waals surface area contributed by atoms with Crippen molar-refractivity contribution in [3.63, 3.8) is 0 Å². The van der Waals surface area contributed by atoms with E-state index in [2.05, 4.69) is 11.9 Å². The van der Waals surface area contributed by atoms with Gasteiger partial charge in [0.05, 0.1) is 0 Å². The molecule has 0 aromatic carbocycles. The molecule has 26 valence electrons. The highest BCUT2D eigenvalue weighted by atomic mass is 32.4. The number of hydrogen-bond acceptors (Lipinski definition) is 1. The Morgan fingerprint density at radius 2 is 2.20 bits per heavy atom. The van der Waals surface area contributed by atoms with Gasteiger partial charge in [-0.3, -0.25) is 0 Å². The van der Waals surface area contributed by atoms with E-state index in [1.54, 1.807) is 0 Å². The topological polar surface area (TPSA) is 0 Å². The first-order valence-electron chi connectivity index (χ1n) is 1.50. The molecule has 0 fully saturated rings. The van der Waals surface area contributed by atoms with Crippen molar-refractivity contribution < 1.29 is 0 Å². The zero-order valence-electron chi connectivity index (χ0n) is 2.72. The third kappa shape index (κ3) is 0.555. The van der Waals surface area contributed by atoms with Crippen molar-refractivity contribution >= 4 is 18.5 Å². The Balaban J connectivity index is 2.71. The second-order valence-corrected chi connectivity index (χ2v) is 3.89. The smallest absolute Gasteiger partial charge is 0.00455 e. The Labute approximate surface area is 37.3 Å². The van der Waals surface area contributed by atoms with Gasteiger partial charge < -0.3 is 0 Å². The Morgan fingerprint density at radius 1 is 1.80 bits per heavy atom. The Morgan fingerprint density at radius 3 is 2.20 bits per heavy atom. The summed E-state index contributed by atoms with van der Waals surface area (Å²) in [7, 11) is 0. The predicted molar refractivity (Wildman–Crippen MR) is 28.3 cm³/mol. The van der Waals surface area contributed by atoms with Gasteiger partial charge in [0.15, 0.2) is 11.8 Å². The van der Waals surface area contributed by atoms with E-state index in [-0.39, 0.29) is 6.70 Å². The van der Waals surface area contributed by atoms with Crippen LogP contribution in [0.5, 0.6) is 0 Å². The molecule has 0 amide bonds. The summed E-state index contributed by atoms with van der Waals surface area (Å²) in [5.74, 6) is 2.10. The van der Waals surface area contributed by atoms with E-state index < -0.39 is 0 Å². The minimum Gasteiger partial charge on any atom is 0.00455 e. The van der Waals surface area contributed by atoms with Gasteiger partial charge in [-0.25, -0.2) is 0 Å². The van der Waals surface area contributed by atoms with Crippen LogP contribution in [0.2, 0.25) is 0 Å². The fraction of sp³-hybridized carbons (Fsp3) is 0.333. The maximum absolute atomic E-state index is 4.84. The van der Waals surface area contributed by atoms with Crippen LogP contribution >= 0.6 is 6.70 Å². The molecule has 1 atom stereocenters. The molecule has 1 rings (SSSR count). The van der Waals surface area contributed by atoms with Crippen LogP contribution in [0.4, 0.5) is 0 Å². The van der Waals surface area contributed by atoms with E-state index in [1.807, 2.05) is 0 Å². The summed E-state index contributed by atoms with van der Waals surface area (Å²) < 4.78 is 0. The molecule has 0 aromatic heterocycles. The fourth-order valence-corrected chi connectivity index (χ4v) is 1.09. The van der Waals surface area contributed by atoms with Crippen LogP contribution in [-0.4, -0.2) is 6.16 Å². The standard InChI is InChI=1S/C3H4PS/c5-4-2-1-3-4/h1-2H,3H2/q+1. The lowest BCUT2D eigenvalue weighted by molar-refractivity contribution is 1.73. The minimum atomic E-state index is -0.0149. The normalized spacial score (nSPS) is 26.0. The fourth-order valence-electron chi connectivity index (χ4n) is 0.191. The maximum Gasteiger partial charge on any atom is 0.209 e. The van der Waals surface area contributed by atoms with Crippen molar-refractivity contribution in [2.24, 2.45) is 0 Å². The Hall–Kier alpha value is 0.260. The molecule has 0 nitrogen and oxygen atoms in total. The molecule has 0 bridgehead atoms. The summed E-state index contributed by atoms with van der Waals surface area (Å²) in [5.41, 5.74) is 0. The monoisotopic (exact) mass is 103 g/mol. The molecule has 0 N–H and O–H groups in total. The van der Waals surface area contributed by atoms with Crippen molar-refractivity contribution in [2.75, 3.05) is 6.16 Å². The molecule has 0 radical (unpaired) electrons. The van der Waals surface area contributed by atoms with E-state index in [0.29, 0.717) is 0 Å². The lowest BCUT2D eigenvalue weighted by Crippen LogP contribution is -1.73.